The Balaban J connectivity index is 0. The summed E-state index contributed by atoms with van der Waals surface area (Å²) >= 11 is 0. The highest BCUT2D eigenvalue weighted by molar-refractivity contribution is 5.85. The lowest BCUT2D eigenvalue weighted by atomic mass is 10.0. The number of pyridine rings is 1. The van der Waals surface area contributed by atoms with E-state index in [2.05, 4.69) is 4.98 Å². The van der Waals surface area contributed by atoms with E-state index in [1.807, 2.05) is 0 Å². The molecule has 2 atom stereocenters. The molecule has 1 heterocycles. The molecule has 0 aromatic carbocycles. The van der Waals surface area contributed by atoms with Gasteiger partial charge in [0.15, 0.2) is 0 Å². The van der Waals surface area contributed by atoms with Crippen LogP contribution in [0.5, 0.6) is 0 Å². The van der Waals surface area contributed by atoms with Crippen LogP contribution in [0.2, 0.25) is 0 Å². The summed E-state index contributed by atoms with van der Waals surface area (Å²) in [5.74, 6) is -0.609. The molecule has 0 fully saturated rings. The first-order valence-corrected chi connectivity index (χ1v) is 4.67. The normalized spacial score (nSPS) is 12.6. The second-order valence-corrected chi connectivity index (χ2v) is 3.00. The van der Waals surface area contributed by atoms with Gasteiger partial charge in [0.2, 0.25) is 0 Å². The molecule has 0 saturated carbocycles. The smallest absolute Gasteiger partial charge is 0.325 e. The molecule has 1 rings (SSSR count). The zero-order valence-corrected chi connectivity index (χ0v) is 10.9. The minimum Gasteiger partial charge on any atom is -0.465 e. The van der Waals surface area contributed by atoms with Crippen LogP contribution in [0.15, 0.2) is 24.5 Å². The molecular formula is C10H16Cl2N2O3. The van der Waals surface area contributed by atoms with Crippen LogP contribution in [0.4, 0.5) is 0 Å². The van der Waals surface area contributed by atoms with Crippen molar-refractivity contribution >= 4 is 30.8 Å². The van der Waals surface area contributed by atoms with Gasteiger partial charge in [0.05, 0.1) is 6.61 Å². The van der Waals surface area contributed by atoms with Crippen molar-refractivity contribution in [1.82, 2.24) is 4.98 Å². The fourth-order valence-corrected chi connectivity index (χ4v) is 1.14. The quantitative estimate of drug-likeness (QED) is 0.800. The molecule has 7 heteroatoms. The molecule has 0 aliphatic rings. The summed E-state index contributed by atoms with van der Waals surface area (Å²) in [6.45, 7) is 1.93. The van der Waals surface area contributed by atoms with Crippen molar-refractivity contribution in [1.29, 1.82) is 0 Å². The number of rotatable bonds is 4. The van der Waals surface area contributed by atoms with E-state index in [1.165, 1.54) is 12.4 Å². The maximum atomic E-state index is 11.2. The molecule has 2 unspecified atom stereocenters. The summed E-state index contributed by atoms with van der Waals surface area (Å²) in [6.07, 6.45) is 1.99. The van der Waals surface area contributed by atoms with Gasteiger partial charge in [0, 0.05) is 12.4 Å². The van der Waals surface area contributed by atoms with Gasteiger partial charge in [-0.2, -0.15) is 0 Å². The number of carbonyl (C=O) groups excluding carboxylic acids is 1. The topological polar surface area (TPSA) is 85.4 Å². The van der Waals surface area contributed by atoms with Crippen LogP contribution in [0.25, 0.3) is 0 Å². The molecule has 0 radical (unpaired) electrons. The summed E-state index contributed by atoms with van der Waals surface area (Å²) in [6, 6.07) is 2.14. The lowest BCUT2D eigenvalue weighted by Gasteiger charge is -2.17. The fraction of sp³-hybridized carbons (Fsp3) is 0.400. The third-order valence-electron chi connectivity index (χ3n) is 1.95. The Morgan fingerprint density at radius 3 is 2.47 bits per heavy atom. The van der Waals surface area contributed by atoms with Gasteiger partial charge in [0.25, 0.3) is 0 Å². The molecule has 3 N–H and O–H groups in total. The van der Waals surface area contributed by atoms with Gasteiger partial charge in [-0.1, -0.05) is 0 Å². The van der Waals surface area contributed by atoms with E-state index in [4.69, 9.17) is 10.5 Å². The van der Waals surface area contributed by atoms with E-state index in [0.29, 0.717) is 5.56 Å². The molecule has 0 bridgehead atoms. The van der Waals surface area contributed by atoms with Crippen molar-refractivity contribution < 1.29 is 14.6 Å². The summed E-state index contributed by atoms with van der Waals surface area (Å²) in [5, 5.41) is 9.73. The van der Waals surface area contributed by atoms with Crippen molar-refractivity contribution in [2.24, 2.45) is 5.73 Å². The molecule has 5 nitrogen and oxygen atoms in total. The average Bonchev–Trinajstić information content (AvgIpc) is 2.28. The third-order valence-corrected chi connectivity index (χ3v) is 1.95. The number of halogens is 2. The maximum absolute atomic E-state index is 11.2. The lowest BCUT2D eigenvalue weighted by Crippen LogP contribution is -2.38. The Labute approximate surface area is 112 Å². The average molecular weight is 283 g/mol. The predicted molar refractivity (Wildman–Crippen MR) is 68.3 cm³/mol. The number of esters is 1. The van der Waals surface area contributed by atoms with Crippen LogP contribution in [0.3, 0.4) is 0 Å². The van der Waals surface area contributed by atoms with Crippen molar-refractivity contribution in [3.63, 3.8) is 0 Å². The Bertz CT molecular complexity index is 325. The Hall–Kier alpha value is -0.880. The molecule has 0 amide bonds. The van der Waals surface area contributed by atoms with Gasteiger partial charge in [-0.3, -0.25) is 9.78 Å². The van der Waals surface area contributed by atoms with Gasteiger partial charge in [0.1, 0.15) is 12.1 Å². The minimum absolute atomic E-state index is 0. The number of carbonyl (C=O) groups is 1. The highest BCUT2D eigenvalue weighted by Gasteiger charge is 2.24. The van der Waals surface area contributed by atoms with Gasteiger partial charge in [-0.25, -0.2) is 0 Å². The van der Waals surface area contributed by atoms with Gasteiger partial charge < -0.3 is 15.6 Å². The number of aliphatic hydroxyl groups is 1. The molecule has 0 saturated heterocycles. The SMILES string of the molecule is CCOC(=O)C(N)C(O)c1ccncc1.Cl.Cl. The number of hydrogen-bond donors (Lipinski definition) is 2. The monoisotopic (exact) mass is 282 g/mol. The summed E-state index contributed by atoms with van der Waals surface area (Å²) in [4.78, 5) is 15.0. The summed E-state index contributed by atoms with van der Waals surface area (Å²) in [7, 11) is 0. The highest BCUT2D eigenvalue weighted by atomic mass is 35.5. The second kappa shape index (κ2) is 9.18. The van der Waals surface area contributed by atoms with Crippen molar-refractivity contribution in [2.45, 2.75) is 19.1 Å². The van der Waals surface area contributed by atoms with Crippen LogP contribution >= 0.6 is 24.8 Å². The Morgan fingerprint density at radius 2 is 2.00 bits per heavy atom. The van der Waals surface area contributed by atoms with Crippen molar-refractivity contribution in [3.05, 3.63) is 30.1 Å². The number of hydrogen-bond acceptors (Lipinski definition) is 5. The molecule has 0 aliphatic heterocycles. The van der Waals surface area contributed by atoms with E-state index in [0.717, 1.165) is 0 Å². The third kappa shape index (κ3) is 5.32. The number of nitrogens with two attached hydrogens (primary N) is 1. The Kier molecular flexibility index (Phi) is 9.98. The highest BCUT2D eigenvalue weighted by Crippen LogP contribution is 2.14. The first kappa shape index (κ1) is 18.5. The van der Waals surface area contributed by atoms with E-state index in [1.54, 1.807) is 19.1 Å². The molecule has 17 heavy (non-hydrogen) atoms. The molecule has 0 spiro atoms. The number of aliphatic hydroxyl groups excluding tert-OH is 1. The fourth-order valence-electron chi connectivity index (χ4n) is 1.14. The Morgan fingerprint density at radius 1 is 1.47 bits per heavy atom. The van der Waals surface area contributed by atoms with Crippen LogP contribution in [0, 0.1) is 0 Å². The van der Waals surface area contributed by atoms with Gasteiger partial charge >= 0.3 is 5.97 Å². The second-order valence-electron chi connectivity index (χ2n) is 3.00. The molecule has 1 aromatic heterocycles. The molecule has 1 aromatic rings. The van der Waals surface area contributed by atoms with Crippen LogP contribution in [0.1, 0.15) is 18.6 Å². The predicted octanol–water partition coefficient (Wildman–Crippen LogP) is 0.849. The zero-order valence-electron chi connectivity index (χ0n) is 9.28. The zero-order chi connectivity index (χ0) is 11.3. The largest absolute Gasteiger partial charge is 0.465 e. The van der Waals surface area contributed by atoms with Gasteiger partial charge in [-0.15, -0.1) is 24.8 Å². The van der Waals surface area contributed by atoms with Crippen molar-refractivity contribution in [2.75, 3.05) is 6.61 Å². The standard InChI is InChI=1S/C10H14N2O3.2ClH/c1-2-15-10(14)8(11)9(13)7-3-5-12-6-4-7;;/h3-6,8-9,13H,2,11H2,1H3;2*1H. The van der Waals surface area contributed by atoms with Crippen molar-refractivity contribution in [3.8, 4) is 0 Å². The van der Waals surface area contributed by atoms with E-state index in [9.17, 15) is 9.90 Å². The van der Waals surface area contributed by atoms with Crippen LogP contribution < -0.4 is 5.73 Å². The van der Waals surface area contributed by atoms with E-state index < -0.39 is 18.1 Å². The maximum Gasteiger partial charge on any atom is 0.325 e. The number of ether oxygens (including phenoxy) is 1. The lowest BCUT2D eigenvalue weighted by molar-refractivity contribution is -0.147. The minimum atomic E-state index is -1.06. The first-order valence-electron chi connectivity index (χ1n) is 4.67. The number of aromatic nitrogens is 1. The summed E-state index contributed by atoms with van der Waals surface area (Å²) < 4.78 is 4.71. The molecule has 0 aliphatic carbocycles. The first-order chi connectivity index (χ1) is 7.16. The molecule has 98 valence electrons. The number of nitrogens with zero attached hydrogens (tertiary/aromatic N) is 1. The summed E-state index contributed by atoms with van der Waals surface area (Å²) in [5.41, 5.74) is 6.08. The van der Waals surface area contributed by atoms with Crippen LogP contribution in [-0.4, -0.2) is 28.7 Å². The van der Waals surface area contributed by atoms with E-state index in [-0.39, 0.29) is 31.4 Å². The van der Waals surface area contributed by atoms with E-state index >= 15 is 0 Å². The van der Waals surface area contributed by atoms with Gasteiger partial charge in [-0.05, 0) is 24.6 Å². The molecular weight excluding hydrogens is 267 g/mol. The van der Waals surface area contributed by atoms with Crippen LogP contribution in [-0.2, 0) is 9.53 Å².